The summed E-state index contributed by atoms with van der Waals surface area (Å²) in [6, 6.07) is 5.90. The fourth-order valence-corrected chi connectivity index (χ4v) is 2.57. The Balaban J connectivity index is 1.60. The Morgan fingerprint density at radius 2 is 1.95 bits per heavy atom. The lowest BCUT2D eigenvalue weighted by molar-refractivity contribution is -0.115. The maximum absolute atomic E-state index is 11.9. The van der Waals surface area contributed by atoms with Gasteiger partial charge in [0.2, 0.25) is 6.79 Å². The van der Waals surface area contributed by atoms with Gasteiger partial charge in [0, 0.05) is 24.7 Å². The highest BCUT2D eigenvalue weighted by Crippen LogP contribution is 2.32. The van der Waals surface area contributed by atoms with E-state index in [1.54, 1.807) is 0 Å². The number of fused-ring (bicyclic) bond motifs is 1. The van der Waals surface area contributed by atoms with E-state index in [9.17, 15) is 4.79 Å². The van der Waals surface area contributed by atoms with Crippen LogP contribution < -0.4 is 14.8 Å². The molecule has 1 heterocycles. The number of ketones is 1. The molecule has 1 aliphatic carbocycles. The molecular formula is C16H19NO3. The van der Waals surface area contributed by atoms with E-state index in [0.29, 0.717) is 25.5 Å². The highest BCUT2D eigenvalue weighted by molar-refractivity contribution is 5.95. The van der Waals surface area contributed by atoms with Gasteiger partial charge in [0.25, 0.3) is 0 Å². The van der Waals surface area contributed by atoms with Crippen molar-refractivity contribution in [3.63, 3.8) is 0 Å². The van der Waals surface area contributed by atoms with Gasteiger partial charge in [-0.1, -0.05) is 12.5 Å². The lowest BCUT2D eigenvalue weighted by Crippen LogP contribution is -2.09. The first-order chi connectivity index (χ1) is 9.83. The second-order valence-corrected chi connectivity index (χ2v) is 5.22. The third kappa shape index (κ3) is 2.95. The van der Waals surface area contributed by atoms with Crippen LogP contribution >= 0.6 is 0 Å². The number of nitrogens with one attached hydrogen (secondary N) is 1. The fourth-order valence-electron chi connectivity index (χ4n) is 2.57. The second-order valence-electron chi connectivity index (χ2n) is 5.22. The van der Waals surface area contributed by atoms with Crippen LogP contribution in [0.25, 0.3) is 0 Å². The molecule has 106 valence electrons. The van der Waals surface area contributed by atoms with Crippen molar-refractivity contribution >= 4 is 5.78 Å². The second kappa shape index (κ2) is 5.99. The molecule has 0 saturated heterocycles. The number of hydrogen-bond acceptors (Lipinski definition) is 4. The zero-order valence-corrected chi connectivity index (χ0v) is 11.5. The van der Waals surface area contributed by atoms with E-state index in [4.69, 9.17) is 9.47 Å². The number of benzene rings is 1. The van der Waals surface area contributed by atoms with Crippen LogP contribution in [0.15, 0.2) is 30.0 Å². The van der Waals surface area contributed by atoms with E-state index in [-0.39, 0.29) is 0 Å². The topological polar surface area (TPSA) is 47.6 Å². The van der Waals surface area contributed by atoms with Crippen LogP contribution in [0.3, 0.4) is 0 Å². The van der Waals surface area contributed by atoms with E-state index >= 15 is 0 Å². The van der Waals surface area contributed by atoms with Gasteiger partial charge in [-0.3, -0.25) is 4.79 Å². The molecule has 3 rings (SSSR count). The quantitative estimate of drug-likeness (QED) is 0.679. The Bertz CT molecular complexity index is 537. The Kier molecular flexibility index (Phi) is 3.90. The van der Waals surface area contributed by atoms with Crippen LogP contribution in [-0.4, -0.2) is 12.6 Å². The summed E-state index contributed by atoms with van der Waals surface area (Å²) >= 11 is 0. The third-order valence-corrected chi connectivity index (χ3v) is 3.73. The van der Waals surface area contributed by atoms with Crippen molar-refractivity contribution in [3.8, 4) is 11.5 Å². The molecule has 1 fully saturated rings. The number of carbonyl (C=O) groups excluding carboxylic acids is 1. The largest absolute Gasteiger partial charge is 0.454 e. The Morgan fingerprint density at radius 1 is 1.10 bits per heavy atom. The van der Waals surface area contributed by atoms with E-state index in [0.717, 1.165) is 48.3 Å². The molecule has 1 N–H and O–H groups in total. The van der Waals surface area contributed by atoms with Gasteiger partial charge in [-0.05, 0) is 37.0 Å². The summed E-state index contributed by atoms with van der Waals surface area (Å²) in [5, 5.41) is 3.24. The molecule has 0 spiro atoms. The van der Waals surface area contributed by atoms with Crippen LogP contribution in [0.1, 0.15) is 37.7 Å². The van der Waals surface area contributed by atoms with E-state index in [2.05, 4.69) is 5.32 Å². The summed E-state index contributed by atoms with van der Waals surface area (Å²) < 4.78 is 10.6. The minimum atomic E-state index is 0.292. The molecule has 4 heteroatoms. The van der Waals surface area contributed by atoms with Crippen LogP contribution in [-0.2, 0) is 11.3 Å². The molecule has 2 aliphatic rings. The molecule has 0 aromatic heterocycles. The number of Topliss-reactive ketones (excluding diaryl/α,β-unsaturated/α-hetero) is 1. The van der Waals surface area contributed by atoms with Gasteiger partial charge in [0.15, 0.2) is 17.3 Å². The average Bonchev–Trinajstić information content (AvgIpc) is 2.83. The Morgan fingerprint density at radius 3 is 2.90 bits per heavy atom. The lowest BCUT2D eigenvalue weighted by Gasteiger charge is -2.06. The van der Waals surface area contributed by atoms with Gasteiger partial charge >= 0.3 is 0 Å². The number of ether oxygens (including phenoxy) is 2. The molecule has 4 nitrogen and oxygen atoms in total. The maximum atomic E-state index is 11.9. The predicted octanol–water partition coefficient (Wildman–Crippen LogP) is 2.92. The molecular weight excluding hydrogens is 254 g/mol. The van der Waals surface area contributed by atoms with Gasteiger partial charge in [-0.25, -0.2) is 0 Å². The van der Waals surface area contributed by atoms with Crippen molar-refractivity contribution in [2.75, 3.05) is 6.79 Å². The fraction of sp³-hybridized carbons (Fsp3) is 0.438. The number of hydrogen-bond donors (Lipinski definition) is 1. The summed E-state index contributed by atoms with van der Waals surface area (Å²) in [4.78, 5) is 11.9. The van der Waals surface area contributed by atoms with Crippen molar-refractivity contribution in [3.05, 3.63) is 35.5 Å². The third-order valence-electron chi connectivity index (χ3n) is 3.73. The molecule has 1 aromatic carbocycles. The smallest absolute Gasteiger partial charge is 0.231 e. The van der Waals surface area contributed by atoms with E-state index < -0.39 is 0 Å². The van der Waals surface area contributed by atoms with Crippen LogP contribution in [0.4, 0.5) is 0 Å². The van der Waals surface area contributed by atoms with Crippen molar-refractivity contribution in [1.82, 2.24) is 5.32 Å². The predicted molar refractivity (Wildman–Crippen MR) is 75.6 cm³/mol. The first kappa shape index (κ1) is 13.0. The zero-order valence-electron chi connectivity index (χ0n) is 11.5. The molecule has 0 amide bonds. The highest BCUT2D eigenvalue weighted by Gasteiger charge is 2.14. The van der Waals surface area contributed by atoms with Gasteiger partial charge in [-0.2, -0.15) is 0 Å². The summed E-state index contributed by atoms with van der Waals surface area (Å²) in [5.41, 5.74) is 2.05. The number of allylic oxidation sites excluding steroid dienone is 1. The SMILES string of the molecule is O=C1CCCCCC1=CNCc1ccc2c(c1)OCO2. The molecule has 20 heavy (non-hydrogen) atoms. The lowest BCUT2D eigenvalue weighted by atomic mass is 10.1. The van der Waals surface area contributed by atoms with E-state index in [1.807, 2.05) is 24.4 Å². The summed E-state index contributed by atoms with van der Waals surface area (Å²) in [6.07, 6.45) is 6.77. The van der Waals surface area contributed by atoms with Crippen molar-refractivity contribution in [2.45, 2.75) is 38.6 Å². The molecule has 0 radical (unpaired) electrons. The van der Waals surface area contributed by atoms with Gasteiger partial charge < -0.3 is 14.8 Å². The first-order valence-electron chi connectivity index (χ1n) is 7.17. The summed E-state index contributed by atoms with van der Waals surface area (Å²) in [5.74, 6) is 1.88. The average molecular weight is 273 g/mol. The van der Waals surface area contributed by atoms with Crippen LogP contribution in [0.5, 0.6) is 11.5 Å². The monoisotopic (exact) mass is 273 g/mol. The van der Waals surface area contributed by atoms with Crippen LogP contribution in [0.2, 0.25) is 0 Å². The van der Waals surface area contributed by atoms with Crippen molar-refractivity contribution < 1.29 is 14.3 Å². The van der Waals surface area contributed by atoms with Crippen LogP contribution in [0, 0.1) is 0 Å². The molecule has 0 atom stereocenters. The maximum Gasteiger partial charge on any atom is 0.231 e. The molecule has 0 unspecified atom stereocenters. The van der Waals surface area contributed by atoms with Crippen molar-refractivity contribution in [1.29, 1.82) is 0 Å². The first-order valence-corrected chi connectivity index (χ1v) is 7.17. The number of rotatable bonds is 3. The molecule has 0 bridgehead atoms. The molecule has 1 aliphatic heterocycles. The Labute approximate surface area is 118 Å². The molecule has 1 aromatic rings. The Hall–Kier alpha value is -1.97. The zero-order chi connectivity index (χ0) is 13.8. The standard InChI is InChI=1S/C16H19NO3/c18-14-5-3-1-2-4-13(14)10-17-9-12-6-7-15-16(8-12)20-11-19-15/h6-8,10,17H,1-5,9,11H2. The minimum Gasteiger partial charge on any atom is -0.454 e. The van der Waals surface area contributed by atoms with Gasteiger partial charge in [0.05, 0.1) is 0 Å². The minimum absolute atomic E-state index is 0.292. The van der Waals surface area contributed by atoms with Crippen molar-refractivity contribution in [2.24, 2.45) is 0 Å². The normalized spacial score (nSPS) is 20.0. The van der Waals surface area contributed by atoms with Gasteiger partial charge in [0.1, 0.15) is 0 Å². The molecule has 1 saturated carbocycles. The van der Waals surface area contributed by atoms with Gasteiger partial charge in [-0.15, -0.1) is 0 Å². The van der Waals surface area contributed by atoms with E-state index in [1.165, 1.54) is 0 Å². The number of carbonyl (C=O) groups is 1. The summed E-state index contributed by atoms with van der Waals surface area (Å²) in [7, 11) is 0. The highest BCUT2D eigenvalue weighted by atomic mass is 16.7. The summed E-state index contributed by atoms with van der Waals surface area (Å²) in [6.45, 7) is 0.984.